The van der Waals surface area contributed by atoms with E-state index in [1.807, 2.05) is 0 Å². The highest BCUT2D eigenvalue weighted by atomic mass is 19.1. The molecule has 10 nitrogen and oxygen atoms in total. The molecule has 1 aliphatic rings. The lowest BCUT2D eigenvalue weighted by atomic mass is 9.83. The molecule has 0 radical (unpaired) electrons. The van der Waals surface area contributed by atoms with E-state index in [4.69, 9.17) is 10.5 Å². The largest absolute Gasteiger partial charge is 0.465 e. The summed E-state index contributed by atoms with van der Waals surface area (Å²) >= 11 is 0. The number of aromatic nitrogens is 2. The maximum Gasteiger partial charge on any atom is 0.407 e. The summed E-state index contributed by atoms with van der Waals surface area (Å²) in [6, 6.07) is 6.45. The number of rotatable bonds is 6. The van der Waals surface area contributed by atoms with Crippen LogP contribution in [0.15, 0.2) is 30.5 Å². The smallest absolute Gasteiger partial charge is 0.407 e. The first kappa shape index (κ1) is 22.0. The maximum atomic E-state index is 13.2. The summed E-state index contributed by atoms with van der Waals surface area (Å²) < 4.78 is 20.0. The molecule has 11 heteroatoms. The van der Waals surface area contributed by atoms with Crippen LogP contribution < -0.4 is 11.1 Å². The number of nitrogens with two attached hydrogens (primary N) is 1. The summed E-state index contributed by atoms with van der Waals surface area (Å²) in [6.07, 6.45) is 0.0812. The van der Waals surface area contributed by atoms with E-state index in [2.05, 4.69) is 16.5 Å². The van der Waals surface area contributed by atoms with Crippen LogP contribution in [0, 0.1) is 23.1 Å². The molecule has 4 unspecified atom stereocenters. The first-order valence-corrected chi connectivity index (χ1v) is 9.60. The van der Waals surface area contributed by atoms with Gasteiger partial charge in [0.05, 0.1) is 30.2 Å². The van der Waals surface area contributed by atoms with E-state index in [9.17, 15) is 24.3 Å². The van der Waals surface area contributed by atoms with E-state index >= 15 is 0 Å². The molecule has 164 valence electrons. The predicted molar refractivity (Wildman–Crippen MR) is 108 cm³/mol. The lowest BCUT2D eigenvalue weighted by Crippen LogP contribution is -2.56. The molecule has 1 fully saturated rings. The number of nitrogens with one attached hydrogen (secondary N) is 1. The number of hydrogen-bond acceptors (Lipinski definition) is 6. The third kappa shape index (κ3) is 4.44. The van der Waals surface area contributed by atoms with E-state index < -0.39 is 41.9 Å². The molecule has 0 bridgehead atoms. The summed E-state index contributed by atoms with van der Waals surface area (Å²) in [5.41, 5.74) is 6.09. The lowest BCUT2D eigenvalue weighted by molar-refractivity contribution is -0.0187. The molecule has 3 rings (SSSR count). The number of primary amides is 1. The van der Waals surface area contributed by atoms with Crippen molar-refractivity contribution in [1.82, 2.24) is 14.7 Å². The minimum Gasteiger partial charge on any atom is -0.465 e. The van der Waals surface area contributed by atoms with E-state index in [0.29, 0.717) is 12.1 Å². The molecule has 1 aromatic carbocycles. The van der Waals surface area contributed by atoms with E-state index in [1.165, 1.54) is 47.2 Å². The molecule has 4 N–H and O–H groups in total. The number of carbonyl (C=O) groups is 2. The van der Waals surface area contributed by atoms with Crippen molar-refractivity contribution in [2.45, 2.75) is 31.5 Å². The molecule has 2 heterocycles. The number of methoxy groups -OCH3 is 1. The maximum absolute atomic E-state index is 13.2. The Morgan fingerprint density at radius 1 is 1.42 bits per heavy atom. The molecule has 0 spiro atoms. The fraction of sp³-hybridized carbons (Fsp3) is 0.400. The van der Waals surface area contributed by atoms with Gasteiger partial charge in [0.15, 0.2) is 5.82 Å². The summed E-state index contributed by atoms with van der Waals surface area (Å²) in [7, 11) is 1.45. The van der Waals surface area contributed by atoms with Crippen molar-refractivity contribution >= 4 is 23.5 Å². The van der Waals surface area contributed by atoms with Crippen LogP contribution >= 0.6 is 0 Å². The Morgan fingerprint density at radius 2 is 2.10 bits per heavy atom. The van der Waals surface area contributed by atoms with Gasteiger partial charge in [-0.2, -0.15) is 10.4 Å². The fourth-order valence-electron chi connectivity index (χ4n) is 3.89. The molecule has 2 aromatic rings. The number of nitriles is 1. The Kier molecular flexibility index (Phi) is 6.41. The van der Waals surface area contributed by atoms with Crippen LogP contribution in [0.3, 0.4) is 0 Å². The standard InChI is InChI=1S/C20H23FN6O4/c1-11(31-2)17-14(9-22)16(7-8-26(17)20(29)30)27-10-15(18(23)28)19(25-27)24-13-5-3-12(21)4-6-13/h3-6,10-11,14,16-17H,7-8H2,1-2H3,(H2,23,28)(H,24,25)(H,29,30). The van der Waals surface area contributed by atoms with Gasteiger partial charge in [0.2, 0.25) is 0 Å². The van der Waals surface area contributed by atoms with Crippen molar-refractivity contribution in [3.8, 4) is 6.07 Å². The topological polar surface area (TPSA) is 146 Å². The third-order valence-corrected chi connectivity index (χ3v) is 5.50. The van der Waals surface area contributed by atoms with Crippen molar-refractivity contribution < 1.29 is 23.8 Å². The second-order valence-electron chi connectivity index (χ2n) is 7.29. The number of hydrogen-bond donors (Lipinski definition) is 3. The van der Waals surface area contributed by atoms with Crippen LogP contribution in [0.2, 0.25) is 0 Å². The Balaban J connectivity index is 1.97. The van der Waals surface area contributed by atoms with Crippen molar-refractivity contribution in [1.29, 1.82) is 5.26 Å². The third-order valence-electron chi connectivity index (χ3n) is 5.50. The number of benzene rings is 1. The van der Waals surface area contributed by atoms with Gasteiger partial charge in [-0.25, -0.2) is 9.18 Å². The first-order chi connectivity index (χ1) is 14.8. The van der Waals surface area contributed by atoms with Crippen LogP contribution in [0.1, 0.15) is 29.7 Å². The summed E-state index contributed by atoms with van der Waals surface area (Å²) in [6.45, 7) is 1.87. The van der Waals surface area contributed by atoms with Gasteiger partial charge in [0.1, 0.15) is 11.4 Å². The monoisotopic (exact) mass is 430 g/mol. The Labute approximate surface area is 178 Å². The molecule has 1 saturated heterocycles. The van der Waals surface area contributed by atoms with Gasteiger partial charge in [-0.15, -0.1) is 0 Å². The Bertz CT molecular complexity index is 1000. The van der Waals surface area contributed by atoms with Crippen LogP contribution in [0.4, 0.5) is 20.7 Å². The average molecular weight is 430 g/mol. The number of anilines is 2. The van der Waals surface area contributed by atoms with Gasteiger partial charge in [-0.05, 0) is 37.6 Å². The Hall–Kier alpha value is -3.65. The predicted octanol–water partition coefficient (Wildman–Crippen LogP) is 2.33. The second kappa shape index (κ2) is 9.01. The number of carboxylic acid groups (broad SMARTS) is 1. The van der Waals surface area contributed by atoms with Crippen LogP contribution in [-0.2, 0) is 4.74 Å². The Morgan fingerprint density at radius 3 is 2.65 bits per heavy atom. The van der Waals surface area contributed by atoms with E-state index in [1.54, 1.807) is 6.92 Å². The minimum atomic E-state index is -1.13. The van der Waals surface area contributed by atoms with Gasteiger partial charge in [0, 0.05) is 25.5 Å². The molecule has 2 amide bonds. The number of ether oxygens (including phenoxy) is 1. The number of likely N-dealkylation sites (tertiary alicyclic amines) is 1. The minimum absolute atomic E-state index is 0.0954. The number of carbonyl (C=O) groups excluding carboxylic acids is 1. The van der Waals surface area contributed by atoms with Crippen molar-refractivity contribution in [2.24, 2.45) is 11.7 Å². The van der Waals surface area contributed by atoms with E-state index in [0.717, 1.165) is 0 Å². The zero-order valence-corrected chi connectivity index (χ0v) is 17.0. The molecule has 31 heavy (non-hydrogen) atoms. The van der Waals surface area contributed by atoms with Crippen LogP contribution in [0.5, 0.6) is 0 Å². The molecule has 4 atom stereocenters. The van der Waals surface area contributed by atoms with Crippen LogP contribution in [-0.4, -0.2) is 57.6 Å². The van der Waals surface area contributed by atoms with Gasteiger partial charge in [-0.1, -0.05) is 0 Å². The van der Waals surface area contributed by atoms with Crippen molar-refractivity contribution in [3.05, 3.63) is 41.8 Å². The first-order valence-electron chi connectivity index (χ1n) is 9.60. The molecule has 1 aromatic heterocycles. The highest BCUT2D eigenvalue weighted by Crippen LogP contribution is 2.36. The molecule has 1 aliphatic heterocycles. The zero-order chi connectivity index (χ0) is 22.7. The summed E-state index contributed by atoms with van der Waals surface area (Å²) in [5, 5.41) is 26.8. The highest BCUT2D eigenvalue weighted by Gasteiger charge is 2.45. The molecular weight excluding hydrogens is 407 g/mol. The zero-order valence-electron chi connectivity index (χ0n) is 17.0. The van der Waals surface area contributed by atoms with Crippen LogP contribution in [0.25, 0.3) is 0 Å². The average Bonchev–Trinajstić information content (AvgIpc) is 3.17. The number of piperidine rings is 1. The quantitative estimate of drug-likeness (QED) is 0.637. The van der Waals surface area contributed by atoms with Crippen molar-refractivity contribution in [3.63, 3.8) is 0 Å². The van der Waals surface area contributed by atoms with Gasteiger partial charge >= 0.3 is 6.09 Å². The number of amides is 2. The second-order valence-corrected chi connectivity index (χ2v) is 7.29. The van der Waals surface area contributed by atoms with Gasteiger partial charge in [-0.3, -0.25) is 9.48 Å². The molecule has 0 saturated carbocycles. The highest BCUT2D eigenvalue weighted by molar-refractivity contribution is 5.98. The van der Waals surface area contributed by atoms with Gasteiger partial charge < -0.3 is 25.8 Å². The lowest BCUT2D eigenvalue weighted by Gasteiger charge is -2.43. The van der Waals surface area contributed by atoms with E-state index in [-0.39, 0.29) is 17.9 Å². The fourth-order valence-corrected chi connectivity index (χ4v) is 3.89. The summed E-state index contributed by atoms with van der Waals surface area (Å²) in [4.78, 5) is 24.9. The number of halogens is 1. The SMILES string of the molecule is COC(C)C1C(C#N)C(n2cc(C(N)=O)c(Nc3ccc(F)cc3)n2)CCN1C(=O)O. The summed E-state index contributed by atoms with van der Waals surface area (Å²) in [5.74, 6) is -1.76. The van der Waals surface area contributed by atoms with Gasteiger partial charge in [0.25, 0.3) is 5.91 Å². The molecule has 0 aliphatic carbocycles. The van der Waals surface area contributed by atoms with Crippen molar-refractivity contribution in [2.75, 3.05) is 19.0 Å². The number of nitrogens with zero attached hydrogens (tertiary/aromatic N) is 4. The molecular formula is C20H23FN6O4. The normalized spacial score (nSPS) is 21.9.